The maximum Gasteiger partial charge on any atom is 0.273 e. The Hall–Kier alpha value is -4.09. The van der Waals surface area contributed by atoms with E-state index in [-0.39, 0.29) is 16.8 Å². The van der Waals surface area contributed by atoms with E-state index < -0.39 is 10.0 Å². The summed E-state index contributed by atoms with van der Waals surface area (Å²) in [6, 6.07) is 15.5. The molecule has 3 heterocycles. The smallest absolute Gasteiger partial charge is 0.273 e. The van der Waals surface area contributed by atoms with Crippen LogP contribution >= 0.6 is 11.3 Å². The lowest BCUT2D eigenvalue weighted by Gasteiger charge is -2.08. The third-order valence-electron chi connectivity index (χ3n) is 5.00. The summed E-state index contributed by atoms with van der Waals surface area (Å²) in [6.45, 7) is 2.02. The number of nitrogens with one attached hydrogen (secondary N) is 2. The van der Waals surface area contributed by atoms with E-state index in [1.165, 1.54) is 48.0 Å². The molecule has 2 aromatic carbocycles. The molecular weight excluding hydrogens is 472 g/mol. The molecule has 2 N–H and O–H groups in total. The highest BCUT2D eigenvalue weighted by atomic mass is 32.2. The van der Waals surface area contributed by atoms with Crippen molar-refractivity contribution in [2.45, 2.75) is 11.8 Å². The van der Waals surface area contributed by atoms with E-state index in [1.807, 2.05) is 37.4 Å². The van der Waals surface area contributed by atoms with Crippen molar-refractivity contribution in [1.29, 1.82) is 0 Å². The van der Waals surface area contributed by atoms with Gasteiger partial charge in [0.2, 0.25) is 5.95 Å². The molecule has 9 nitrogen and oxygen atoms in total. The number of thiazole rings is 1. The zero-order valence-corrected chi connectivity index (χ0v) is 19.5. The highest BCUT2D eigenvalue weighted by Gasteiger charge is 2.18. The molecule has 1 amide bonds. The van der Waals surface area contributed by atoms with Gasteiger partial charge in [0.05, 0.1) is 10.6 Å². The van der Waals surface area contributed by atoms with Crippen molar-refractivity contribution in [2.24, 2.45) is 0 Å². The largest absolute Gasteiger partial charge is 0.321 e. The number of aromatic nitrogens is 4. The molecule has 0 bridgehead atoms. The first-order valence-electron chi connectivity index (χ1n) is 10.1. The molecule has 0 radical (unpaired) electrons. The van der Waals surface area contributed by atoms with Gasteiger partial charge in [0.25, 0.3) is 15.9 Å². The zero-order chi connectivity index (χ0) is 23.7. The van der Waals surface area contributed by atoms with Gasteiger partial charge in [-0.2, -0.15) is 0 Å². The summed E-state index contributed by atoms with van der Waals surface area (Å²) in [4.78, 5) is 26.0. The molecule has 0 aliphatic rings. The number of sulfonamides is 1. The van der Waals surface area contributed by atoms with Crippen molar-refractivity contribution in [1.82, 2.24) is 19.4 Å². The minimum absolute atomic E-state index is 0.0215. The highest BCUT2D eigenvalue weighted by Crippen LogP contribution is 2.25. The summed E-state index contributed by atoms with van der Waals surface area (Å²) in [5, 5.41) is 4.54. The number of carbonyl (C=O) groups excluding carboxylic acids is 1. The van der Waals surface area contributed by atoms with Crippen LogP contribution in [0.2, 0.25) is 0 Å². The number of imidazole rings is 1. The summed E-state index contributed by atoms with van der Waals surface area (Å²) in [6.07, 6.45) is 4.71. The molecule has 0 unspecified atom stereocenters. The fourth-order valence-corrected chi connectivity index (χ4v) is 5.07. The second-order valence-electron chi connectivity index (χ2n) is 7.42. The van der Waals surface area contributed by atoms with Crippen LogP contribution in [-0.4, -0.2) is 33.7 Å². The Bertz CT molecular complexity index is 1580. The van der Waals surface area contributed by atoms with Gasteiger partial charge >= 0.3 is 0 Å². The second kappa shape index (κ2) is 8.69. The number of hydrogen-bond acceptors (Lipinski definition) is 7. The van der Waals surface area contributed by atoms with Gasteiger partial charge in [0.1, 0.15) is 5.69 Å². The van der Waals surface area contributed by atoms with Crippen molar-refractivity contribution >= 4 is 43.9 Å². The Kier molecular flexibility index (Phi) is 5.56. The summed E-state index contributed by atoms with van der Waals surface area (Å²) in [5.74, 6) is -0.350. The lowest BCUT2D eigenvalue weighted by Crippen LogP contribution is -2.16. The first-order valence-corrected chi connectivity index (χ1v) is 12.5. The molecule has 5 rings (SSSR count). The molecule has 3 aromatic heterocycles. The minimum atomic E-state index is -3.86. The Balaban J connectivity index is 1.33. The number of hydrogen-bond donors (Lipinski definition) is 2. The van der Waals surface area contributed by atoms with Crippen LogP contribution in [0.4, 0.5) is 11.6 Å². The standard InChI is InChI=1S/C23H18N6O3S2/c1-15-3-5-16(6-4-15)19-13-29-20(14-33-23(29)27-19)21(30)26-17-7-9-18(10-8-17)34(31,32)28-22-24-11-2-12-25-22/h2-14H,1H3,(H,26,30)(H,24,25,28). The molecule has 11 heteroatoms. The molecular formula is C23H18N6O3S2. The summed E-state index contributed by atoms with van der Waals surface area (Å²) >= 11 is 1.37. The Morgan fingerprint density at radius 3 is 2.41 bits per heavy atom. The van der Waals surface area contributed by atoms with E-state index in [0.29, 0.717) is 16.3 Å². The van der Waals surface area contributed by atoms with Crippen molar-refractivity contribution in [3.8, 4) is 11.3 Å². The number of nitrogens with zero attached hydrogens (tertiary/aromatic N) is 4. The van der Waals surface area contributed by atoms with Crippen LogP contribution in [0.15, 0.2) is 83.5 Å². The summed E-state index contributed by atoms with van der Waals surface area (Å²) in [5.41, 5.74) is 3.81. The van der Waals surface area contributed by atoms with Crippen LogP contribution in [-0.2, 0) is 10.0 Å². The molecule has 5 aromatic rings. The van der Waals surface area contributed by atoms with Gasteiger partial charge in [-0.1, -0.05) is 29.8 Å². The van der Waals surface area contributed by atoms with Gasteiger partial charge in [-0.25, -0.2) is 28.1 Å². The van der Waals surface area contributed by atoms with Crippen molar-refractivity contribution in [3.05, 3.63) is 89.8 Å². The van der Waals surface area contributed by atoms with Gasteiger partial charge in [0.15, 0.2) is 4.96 Å². The minimum Gasteiger partial charge on any atom is -0.321 e. The van der Waals surface area contributed by atoms with Crippen molar-refractivity contribution < 1.29 is 13.2 Å². The lowest BCUT2D eigenvalue weighted by atomic mass is 10.1. The number of rotatable bonds is 6. The average Bonchev–Trinajstić information content (AvgIpc) is 3.41. The van der Waals surface area contributed by atoms with Crippen LogP contribution < -0.4 is 10.0 Å². The summed E-state index contributed by atoms with van der Waals surface area (Å²) < 4.78 is 29.1. The predicted octanol–water partition coefficient (Wildman–Crippen LogP) is 4.21. The molecule has 0 saturated heterocycles. The van der Waals surface area contributed by atoms with Gasteiger partial charge in [-0.05, 0) is 37.3 Å². The monoisotopic (exact) mass is 490 g/mol. The van der Waals surface area contributed by atoms with E-state index in [4.69, 9.17) is 0 Å². The van der Waals surface area contributed by atoms with E-state index >= 15 is 0 Å². The molecule has 0 fully saturated rings. The van der Waals surface area contributed by atoms with Crippen LogP contribution in [0.25, 0.3) is 16.2 Å². The Morgan fingerprint density at radius 1 is 1.00 bits per heavy atom. The fourth-order valence-electron chi connectivity index (χ4n) is 3.25. The fraction of sp³-hybridized carbons (Fsp3) is 0.0435. The average molecular weight is 491 g/mol. The van der Waals surface area contributed by atoms with E-state index in [0.717, 1.165) is 16.8 Å². The second-order valence-corrected chi connectivity index (χ2v) is 9.94. The Labute approximate surface area is 199 Å². The SMILES string of the molecule is Cc1ccc(-c2cn3c(C(=O)Nc4ccc(S(=O)(=O)Nc5ncccn5)cc4)csc3n2)cc1. The third-order valence-corrected chi connectivity index (χ3v) is 7.19. The topological polar surface area (TPSA) is 118 Å². The number of amides is 1. The predicted molar refractivity (Wildman–Crippen MR) is 130 cm³/mol. The number of benzene rings is 2. The zero-order valence-electron chi connectivity index (χ0n) is 17.8. The molecule has 34 heavy (non-hydrogen) atoms. The first-order chi connectivity index (χ1) is 16.4. The van der Waals surface area contributed by atoms with Crippen LogP contribution in [0, 0.1) is 6.92 Å². The van der Waals surface area contributed by atoms with Gasteiger partial charge in [-0.3, -0.25) is 9.20 Å². The number of carbonyl (C=O) groups is 1. The van der Waals surface area contributed by atoms with Crippen LogP contribution in [0.1, 0.15) is 16.1 Å². The molecule has 0 saturated carbocycles. The van der Waals surface area contributed by atoms with Crippen LogP contribution in [0.5, 0.6) is 0 Å². The number of anilines is 2. The van der Waals surface area contributed by atoms with Crippen molar-refractivity contribution in [2.75, 3.05) is 10.0 Å². The number of fused-ring (bicyclic) bond motifs is 1. The summed E-state index contributed by atoms with van der Waals surface area (Å²) in [7, 11) is -3.86. The van der Waals surface area contributed by atoms with E-state index in [9.17, 15) is 13.2 Å². The maximum absolute atomic E-state index is 12.9. The van der Waals surface area contributed by atoms with Gasteiger partial charge < -0.3 is 5.32 Å². The Morgan fingerprint density at radius 2 is 1.71 bits per heavy atom. The maximum atomic E-state index is 12.9. The molecule has 0 atom stereocenters. The van der Waals surface area contributed by atoms with Crippen LogP contribution in [0.3, 0.4) is 0 Å². The number of aryl methyl sites for hydroxylation is 1. The first kappa shape index (κ1) is 21.7. The lowest BCUT2D eigenvalue weighted by molar-refractivity contribution is 0.102. The van der Waals surface area contributed by atoms with Crippen molar-refractivity contribution in [3.63, 3.8) is 0 Å². The molecule has 0 aliphatic carbocycles. The van der Waals surface area contributed by atoms with Gasteiger partial charge in [-0.15, -0.1) is 11.3 Å². The van der Waals surface area contributed by atoms with E-state index in [1.54, 1.807) is 15.8 Å². The third kappa shape index (κ3) is 4.38. The van der Waals surface area contributed by atoms with E-state index in [2.05, 4.69) is 25.0 Å². The van der Waals surface area contributed by atoms with Gasteiger partial charge in [0, 0.05) is 35.2 Å². The molecule has 0 aliphatic heterocycles. The molecule has 170 valence electrons. The normalized spacial score (nSPS) is 11.4. The molecule has 0 spiro atoms. The quantitative estimate of drug-likeness (QED) is 0.368. The highest BCUT2D eigenvalue weighted by molar-refractivity contribution is 7.92.